The Hall–Kier alpha value is -2.80. The summed E-state index contributed by atoms with van der Waals surface area (Å²) in [4.78, 5) is 0. The van der Waals surface area contributed by atoms with E-state index < -0.39 is 0 Å². The quantitative estimate of drug-likeness (QED) is 0.469. The van der Waals surface area contributed by atoms with Crippen molar-refractivity contribution in [3.05, 3.63) is 47.5 Å². The highest BCUT2D eigenvalue weighted by atomic mass is 32.1. The fourth-order valence-corrected chi connectivity index (χ4v) is 2.37. The molecule has 2 aromatic carbocycles. The van der Waals surface area contributed by atoms with Gasteiger partial charge in [0, 0.05) is 11.3 Å². The average molecular weight is 359 g/mol. The van der Waals surface area contributed by atoms with Crippen molar-refractivity contribution >= 4 is 29.2 Å². The number of methoxy groups -OCH3 is 3. The molecule has 0 saturated heterocycles. The molecule has 2 rings (SSSR count). The highest BCUT2D eigenvalue weighted by Crippen LogP contribution is 2.37. The van der Waals surface area contributed by atoms with Crippen LogP contribution in [0, 0.1) is 6.92 Å². The van der Waals surface area contributed by atoms with E-state index in [0.717, 1.165) is 16.8 Å². The van der Waals surface area contributed by atoms with Crippen molar-refractivity contribution in [2.45, 2.75) is 6.92 Å². The molecule has 2 aromatic rings. The number of anilines is 1. The summed E-state index contributed by atoms with van der Waals surface area (Å²) in [6.45, 7) is 2.00. The van der Waals surface area contributed by atoms with Gasteiger partial charge in [0.15, 0.2) is 16.6 Å². The van der Waals surface area contributed by atoms with Crippen LogP contribution in [-0.4, -0.2) is 32.7 Å². The largest absolute Gasteiger partial charge is 0.493 e. The molecule has 6 nitrogen and oxygen atoms in total. The number of benzene rings is 2. The summed E-state index contributed by atoms with van der Waals surface area (Å²) < 4.78 is 15.9. The zero-order valence-electron chi connectivity index (χ0n) is 14.6. The first-order chi connectivity index (χ1) is 12.1. The molecule has 132 valence electrons. The molecule has 0 radical (unpaired) electrons. The highest BCUT2D eigenvalue weighted by Gasteiger charge is 2.12. The molecule has 0 aliphatic rings. The van der Waals surface area contributed by atoms with Crippen molar-refractivity contribution in [2.24, 2.45) is 5.10 Å². The van der Waals surface area contributed by atoms with Crippen molar-refractivity contribution in [3.63, 3.8) is 0 Å². The molecule has 0 amide bonds. The molecule has 0 fully saturated rings. The Labute approximate surface area is 152 Å². The molecular weight excluding hydrogens is 338 g/mol. The van der Waals surface area contributed by atoms with Gasteiger partial charge in [0.1, 0.15) is 0 Å². The van der Waals surface area contributed by atoms with Crippen molar-refractivity contribution < 1.29 is 14.2 Å². The Balaban J connectivity index is 2.06. The predicted molar refractivity (Wildman–Crippen MR) is 104 cm³/mol. The van der Waals surface area contributed by atoms with Gasteiger partial charge >= 0.3 is 0 Å². The van der Waals surface area contributed by atoms with Gasteiger partial charge in [-0.15, -0.1) is 0 Å². The van der Waals surface area contributed by atoms with E-state index >= 15 is 0 Å². The predicted octanol–water partition coefficient (Wildman–Crippen LogP) is 3.34. The number of thiocarbonyl (C=S) groups is 1. The van der Waals surface area contributed by atoms with Gasteiger partial charge in [-0.1, -0.05) is 18.2 Å². The van der Waals surface area contributed by atoms with Gasteiger partial charge in [0.25, 0.3) is 0 Å². The lowest BCUT2D eigenvalue weighted by atomic mass is 10.2. The molecule has 0 saturated carbocycles. The van der Waals surface area contributed by atoms with E-state index in [2.05, 4.69) is 15.8 Å². The second-order valence-corrected chi connectivity index (χ2v) is 5.51. The van der Waals surface area contributed by atoms with Crippen molar-refractivity contribution in [3.8, 4) is 17.2 Å². The van der Waals surface area contributed by atoms with Crippen molar-refractivity contribution in [1.29, 1.82) is 0 Å². The van der Waals surface area contributed by atoms with E-state index in [0.29, 0.717) is 22.4 Å². The minimum Gasteiger partial charge on any atom is -0.493 e. The molecule has 2 N–H and O–H groups in total. The summed E-state index contributed by atoms with van der Waals surface area (Å²) in [6, 6.07) is 11.5. The third kappa shape index (κ3) is 4.84. The lowest BCUT2D eigenvalue weighted by Crippen LogP contribution is -2.24. The third-order valence-corrected chi connectivity index (χ3v) is 3.65. The third-order valence-electron chi connectivity index (χ3n) is 3.46. The number of para-hydroxylation sites is 1. The number of hydrogen-bond donors (Lipinski definition) is 2. The molecule has 0 aliphatic carbocycles. The van der Waals surface area contributed by atoms with E-state index in [1.807, 2.05) is 31.2 Å². The number of nitrogens with one attached hydrogen (secondary N) is 2. The van der Waals surface area contributed by atoms with E-state index in [-0.39, 0.29) is 0 Å². The van der Waals surface area contributed by atoms with Gasteiger partial charge in [-0.25, -0.2) is 0 Å². The Morgan fingerprint density at radius 2 is 1.68 bits per heavy atom. The molecule has 25 heavy (non-hydrogen) atoms. The number of nitrogens with zero attached hydrogens (tertiary/aromatic N) is 1. The summed E-state index contributed by atoms with van der Waals surface area (Å²) in [5, 5.41) is 7.64. The smallest absolute Gasteiger partial charge is 0.203 e. The first-order valence-corrected chi connectivity index (χ1v) is 7.95. The number of ether oxygens (including phenoxy) is 3. The number of hydrazone groups is 1. The number of hydrogen-bond acceptors (Lipinski definition) is 5. The first kappa shape index (κ1) is 18.5. The Morgan fingerprint density at radius 3 is 2.24 bits per heavy atom. The van der Waals surface area contributed by atoms with Gasteiger partial charge in [-0.3, -0.25) is 5.43 Å². The van der Waals surface area contributed by atoms with E-state index in [1.54, 1.807) is 39.7 Å². The van der Waals surface area contributed by atoms with Crippen LogP contribution in [0.4, 0.5) is 5.69 Å². The zero-order valence-corrected chi connectivity index (χ0v) is 15.4. The van der Waals surface area contributed by atoms with Crippen LogP contribution in [0.15, 0.2) is 41.5 Å². The Kier molecular flexibility index (Phi) is 6.59. The minimum atomic E-state index is 0.401. The summed E-state index contributed by atoms with van der Waals surface area (Å²) in [7, 11) is 4.70. The van der Waals surface area contributed by atoms with Crippen LogP contribution >= 0.6 is 12.2 Å². The summed E-state index contributed by atoms with van der Waals surface area (Å²) in [5.74, 6) is 1.65. The van der Waals surface area contributed by atoms with Gasteiger partial charge < -0.3 is 19.5 Å². The van der Waals surface area contributed by atoms with Gasteiger partial charge in [0.2, 0.25) is 5.75 Å². The van der Waals surface area contributed by atoms with Gasteiger partial charge in [-0.05, 0) is 42.9 Å². The number of aryl methyl sites for hydroxylation is 1. The zero-order chi connectivity index (χ0) is 18.2. The molecule has 0 unspecified atom stereocenters. The Bertz CT molecular complexity index is 753. The standard InChI is InChI=1S/C18H21N3O3S/c1-12-7-5-6-8-14(12)20-18(25)21-19-11-13-9-15(22-2)17(24-4)16(10-13)23-3/h5-11H,1-4H3,(H2,20,21,25)/b19-11-. The summed E-state index contributed by atoms with van der Waals surface area (Å²) >= 11 is 5.24. The second kappa shape index (κ2) is 8.89. The Morgan fingerprint density at radius 1 is 1.04 bits per heavy atom. The first-order valence-electron chi connectivity index (χ1n) is 7.54. The lowest BCUT2D eigenvalue weighted by molar-refractivity contribution is 0.324. The topological polar surface area (TPSA) is 64.1 Å². The second-order valence-electron chi connectivity index (χ2n) is 5.10. The molecule has 0 aromatic heterocycles. The SMILES string of the molecule is COc1cc(/C=N\NC(=S)Nc2ccccc2C)cc(OC)c1OC. The van der Waals surface area contributed by atoms with Crippen LogP contribution in [0.5, 0.6) is 17.2 Å². The molecular formula is C18H21N3O3S. The minimum absolute atomic E-state index is 0.401. The van der Waals surface area contributed by atoms with Crippen molar-refractivity contribution in [2.75, 3.05) is 26.6 Å². The maximum absolute atomic E-state index is 5.31. The van der Waals surface area contributed by atoms with E-state index in [9.17, 15) is 0 Å². The van der Waals surface area contributed by atoms with Crippen LogP contribution in [-0.2, 0) is 0 Å². The monoisotopic (exact) mass is 359 g/mol. The van der Waals surface area contributed by atoms with Gasteiger partial charge in [0.05, 0.1) is 27.5 Å². The fourth-order valence-electron chi connectivity index (χ4n) is 2.20. The molecule has 0 spiro atoms. The average Bonchev–Trinajstić information content (AvgIpc) is 2.62. The van der Waals surface area contributed by atoms with E-state index in [1.165, 1.54) is 0 Å². The van der Waals surface area contributed by atoms with Crippen LogP contribution in [0.2, 0.25) is 0 Å². The normalized spacial score (nSPS) is 10.4. The highest BCUT2D eigenvalue weighted by molar-refractivity contribution is 7.80. The van der Waals surface area contributed by atoms with Crippen LogP contribution in [0.25, 0.3) is 0 Å². The van der Waals surface area contributed by atoms with Crippen molar-refractivity contribution in [1.82, 2.24) is 5.43 Å². The van der Waals surface area contributed by atoms with Gasteiger partial charge in [-0.2, -0.15) is 5.10 Å². The lowest BCUT2D eigenvalue weighted by Gasteiger charge is -2.12. The maximum atomic E-state index is 5.31. The molecule has 0 aliphatic heterocycles. The van der Waals surface area contributed by atoms with E-state index in [4.69, 9.17) is 26.4 Å². The maximum Gasteiger partial charge on any atom is 0.203 e. The molecule has 0 atom stereocenters. The van der Waals surface area contributed by atoms with Crippen LogP contribution < -0.4 is 25.0 Å². The summed E-state index contributed by atoms with van der Waals surface area (Å²) in [6.07, 6.45) is 1.62. The molecule has 0 bridgehead atoms. The van der Waals surface area contributed by atoms with Crippen LogP contribution in [0.3, 0.4) is 0 Å². The van der Waals surface area contributed by atoms with Crippen LogP contribution in [0.1, 0.15) is 11.1 Å². The fraction of sp³-hybridized carbons (Fsp3) is 0.222. The molecule has 0 heterocycles. The number of rotatable bonds is 6. The summed E-state index contributed by atoms with van der Waals surface area (Å²) in [5.41, 5.74) is 5.60. The molecule has 7 heteroatoms.